The average Bonchev–Trinajstić information content (AvgIpc) is 3.60. The summed E-state index contributed by atoms with van der Waals surface area (Å²) in [7, 11) is 0. The minimum absolute atomic E-state index is 0.0695. The molecule has 6 saturated heterocycles. The number of rotatable bonds is 21. The molecule has 7 rings (SSSR count). The normalized spacial score (nSPS) is 36.9. The molecule has 0 radical (unpaired) electrons. The van der Waals surface area contributed by atoms with Crippen LogP contribution in [0, 0.1) is 23.7 Å². The van der Waals surface area contributed by atoms with Crippen LogP contribution in [0.4, 0.5) is 9.59 Å². The summed E-state index contributed by atoms with van der Waals surface area (Å²) in [6.45, 7) is 9.70. The lowest BCUT2D eigenvalue weighted by atomic mass is 9.58. The number of nitrogens with one attached hydrogen (secondary N) is 3. The fourth-order valence-electron chi connectivity index (χ4n) is 8.66. The van der Waals surface area contributed by atoms with E-state index in [0.717, 1.165) is 50.7 Å². The van der Waals surface area contributed by atoms with Crippen molar-refractivity contribution in [3.63, 3.8) is 0 Å². The van der Waals surface area contributed by atoms with Crippen LogP contribution in [0.25, 0.3) is 0 Å². The second-order valence-corrected chi connectivity index (χ2v) is 16.4. The Morgan fingerprint density at radius 1 is 0.887 bits per heavy atom. The Kier molecular flexibility index (Phi) is 14.8. The number of carbonyl (C=O) groups excluding carboxylic acids is 3. The van der Waals surface area contributed by atoms with E-state index in [4.69, 9.17) is 47.7 Å². The molecule has 0 aromatic heterocycles. The maximum atomic E-state index is 12.7. The van der Waals surface area contributed by atoms with Crippen LogP contribution < -0.4 is 16.0 Å². The van der Waals surface area contributed by atoms with E-state index < -0.39 is 30.1 Å². The highest BCUT2D eigenvalue weighted by molar-refractivity contribution is 8.00. The van der Waals surface area contributed by atoms with Crippen LogP contribution in [0.1, 0.15) is 72.1 Å². The van der Waals surface area contributed by atoms with Gasteiger partial charge in [0, 0.05) is 35.8 Å². The standard InChI is InChI=1S/C36H59N3O13S/c1-23-7-8-26-24(2)31(49-32-36(26)25(23)9-11-35(3,50-32)51-52-36)48-29(40)10-13-43-14-15-44-16-17-45-18-19-46-20-21-47-34(42)37-12-5-4-6-28-30-27(22-53-28)38-33(41)39-30/h23-28,30-32H,4-22H2,1-3H3,(H,37,42)(H2,38,39,41)/t23-,24-,25+,26+,27-,28+,30+,31+,32-,35-,36-/m1/s1. The zero-order chi connectivity index (χ0) is 37.3. The maximum Gasteiger partial charge on any atom is 0.407 e. The molecule has 2 bridgehead atoms. The van der Waals surface area contributed by atoms with E-state index in [1.807, 2.05) is 18.7 Å². The topological polar surface area (TPSA) is 180 Å². The predicted molar refractivity (Wildman–Crippen MR) is 190 cm³/mol. The average molecular weight is 774 g/mol. The van der Waals surface area contributed by atoms with Gasteiger partial charge in [-0.1, -0.05) is 20.3 Å². The van der Waals surface area contributed by atoms with E-state index >= 15 is 0 Å². The summed E-state index contributed by atoms with van der Waals surface area (Å²) in [6.07, 6.45) is 4.78. The number of ether oxygens (including phenoxy) is 8. The van der Waals surface area contributed by atoms with Crippen LogP contribution in [-0.4, -0.2) is 131 Å². The Morgan fingerprint density at radius 2 is 1.60 bits per heavy atom. The van der Waals surface area contributed by atoms with E-state index in [0.29, 0.717) is 57.4 Å². The molecule has 0 aromatic carbocycles. The number of hydrogen-bond acceptors (Lipinski definition) is 14. The SMILES string of the molecule is C[C@H]1[C@@H](OC(=O)CCOCCOCCOCCOCCOC(=O)NCCCC[C@@H]2SC[C@H]3NC(=O)N[C@H]23)O[C@@H]2O[C@@]3(C)CC[C@H]4[C@H](C)CC[C@@H]1[C@@]24OO3. The highest BCUT2D eigenvalue weighted by Crippen LogP contribution is 2.60. The van der Waals surface area contributed by atoms with Gasteiger partial charge < -0.3 is 53.8 Å². The van der Waals surface area contributed by atoms with E-state index in [1.54, 1.807) is 0 Å². The molecule has 11 atom stereocenters. The third-order valence-electron chi connectivity index (χ3n) is 11.5. The molecule has 0 unspecified atom stereocenters. The Balaban J connectivity index is 0.708. The summed E-state index contributed by atoms with van der Waals surface area (Å²) in [5.41, 5.74) is -0.689. The van der Waals surface area contributed by atoms with Crippen LogP contribution in [0.2, 0.25) is 0 Å². The minimum Gasteiger partial charge on any atom is -0.447 e. The lowest BCUT2D eigenvalue weighted by molar-refractivity contribution is -0.576. The summed E-state index contributed by atoms with van der Waals surface area (Å²) in [6, 6.07) is 0.377. The molecule has 1 aliphatic carbocycles. The molecule has 53 heavy (non-hydrogen) atoms. The third-order valence-corrected chi connectivity index (χ3v) is 13.0. The Labute approximate surface area is 316 Å². The molecule has 7 fully saturated rings. The van der Waals surface area contributed by atoms with E-state index in [-0.39, 0.29) is 68.1 Å². The van der Waals surface area contributed by atoms with Crippen molar-refractivity contribution in [1.82, 2.24) is 16.0 Å². The van der Waals surface area contributed by atoms with Crippen LogP contribution in [-0.2, 0) is 52.5 Å². The third kappa shape index (κ3) is 10.3. The monoisotopic (exact) mass is 773 g/mol. The molecular formula is C36H59N3O13S. The number of fused-ring (bicyclic) bond motifs is 3. The van der Waals surface area contributed by atoms with Gasteiger partial charge in [-0.15, -0.1) is 0 Å². The molecule has 1 spiro atoms. The van der Waals surface area contributed by atoms with Gasteiger partial charge in [-0.3, -0.25) is 4.79 Å². The van der Waals surface area contributed by atoms with Crippen LogP contribution >= 0.6 is 11.8 Å². The van der Waals surface area contributed by atoms with Gasteiger partial charge in [-0.05, 0) is 50.9 Å². The predicted octanol–water partition coefficient (Wildman–Crippen LogP) is 3.26. The number of urea groups is 1. The van der Waals surface area contributed by atoms with Crippen LogP contribution in [0.3, 0.4) is 0 Å². The fourth-order valence-corrected chi connectivity index (χ4v) is 10.2. The van der Waals surface area contributed by atoms with Gasteiger partial charge in [-0.2, -0.15) is 11.8 Å². The lowest BCUT2D eigenvalue weighted by Crippen LogP contribution is -2.70. The van der Waals surface area contributed by atoms with Gasteiger partial charge in [0.1, 0.15) is 6.61 Å². The Bertz CT molecular complexity index is 1220. The maximum absolute atomic E-state index is 12.7. The molecule has 0 aromatic rings. The van der Waals surface area contributed by atoms with Gasteiger partial charge >= 0.3 is 18.1 Å². The molecule has 302 valence electrons. The quantitative estimate of drug-likeness (QED) is 0.0670. The number of alkyl carbamates (subject to hydrolysis) is 1. The van der Waals surface area contributed by atoms with Crippen LogP contribution in [0.5, 0.6) is 0 Å². The molecule has 6 heterocycles. The summed E-state index contributed by atoms with van der Waals surface area (Å²) >= 11 is 1.89. The van der Waals surface area contributed by atoms with Gasteiger partial charge in [0.2, 0.25) is 12.1 Å². The largest absolute Gasteiger partial charge is 0.447 e. The molecule has 1 saturated carbocycles. The Hall–Kier alpha value is -1.96. The number of thioether (sulfide) groups is 1. The first-order valence-corrected chi connectivity index (χ1v) is 20.5. The zero-order valence-electron chi connectivity index (χ0n) is 31.3. The molecule has 17 heteroatoms. The molecule has 3 N–H and O–H groups in total. The molecule has 6 aliphatic heterocycles. The van der Waals surface area contributed by atoms with Crippen molar-refractivity contribution in [3.8, 4) is 0 Å². The van der Waals surface area contributed by atoms with Crippen molar-refractivity contribution in [2.24, 2.45) is 23.7 Å². The van der Waals surface area contributed by atoms with Crippen molar-refractivity contribution in [2.45, 2.75) is 113 Å². The Morgan fingerprint density at radius 3 is 2.36 bits per heavy atom. The van der Waals surface area contributed by atoms with E-state index in [2.05, 4.69) is 29.8 Å². The first-order chi connectivity index (χ1) is 25.7. The van der Waals surface area contributed by atoms with Crippen molar-refractivity contribution >= 4 is 29.9 Å². The second kappa shape index (κ2) is 19.3. The van der Waals surface area contributed by atoms with Gasteiger partial charge in [-0.25, -0.2) is 19.4 Å². The highest BCUT2D eigenvalue weighted by Gasteiger charge is 2.69. The van der Waals surface area contributed by atoms with Gasteiger partial charge in [0.25, 0.3) is 0 Å². The summed E-state index contributed by atoms with van der Waals surface area (Å²) in [5, 5.41) is 9.13. The summed E-state index contributed by atoms with van der Waals surface area (Å²) in [5.74, 6) is 0.423. The van der Waals surface area contributed by atoms with Crippen molar-refractivity contribution in [3.05, 3.63) is 0 Å². The van der Waals surface area contributed by atoms with Crippen molar-refractivity contribution in [2.75, 3.05) is 71.8 Å². The number of carbonyl (C=O) groups is 3. The number of amides is 3. The summed E-state index contributed by atoms with van der Waals surface area (Å²) in [4.78, 5) is 48.1. The highest BCUT2D eigenvalue weighted by atomic mass is 32.2. The van der Waals surface area contributed by atoms with E-state index in [9.17, 15) is 14.4 Å². The molecule has 7 aliphatic rings. The molecule has 3 amide bonds. The number of esters is 1. The first kappa shape index (κ1) is 40.7. The van der Waals surface area contributed by atoms with Gasteiger partial charge in [0.15, 0.2) is 11.9 Å². The number of hydrogen-bond donors (Lipinski definition) is 3. The zero-order valence-corrected chi connectivity index (χ0v) is 32.2. The van der Waals surface area contributed by atoms with Gasteiger partial charge in [0.05, 0.1) is 71.4 Å². The fraction of sp³-hybridized carbons (Fsp3) is 0.917. The molecule has 16 nitrogen and oxygen atoms in total. The summed E-state index contributed by atoms with van der Waals surface area (Å²) < 4.78 is 45.6. The van der Waals surface area contributed by atoms with Crippen molar-refractivity contribution in [1.29, 1.82) is 0 Å². The van der Waals surface area contributed by atoms with Crippen molar-refractivity contribution < 1.29 is 62.1 Å². The molecular weight excluding hydrogens is 714 g/mol. The first-order valence-electron chi connectivity index (χ1n) is 19.5. The van der Waals surface area contributed by atoms with E-state index in [1.165, 1.54) is 0 Å². The minimum atomic E-state index is -0.876. The number of unbranched alkanes of at least 4 members (excludes halogenated alkanes) is 1. The second-order valence-electron chi connectivity index (χ2n) is 15.1. The smallest absolute Gasteiger partial charge is 0.407 e. The lowest BCUT2D eigenvalue weighted by Gasteiger charge is -2.59. The van der Waals surface area contributed by atoms with Crippen LogP contribution in [0.15, 0.2) is 0 Å².